The average molecular weight is 266 g/mol. The lowest BCUT2D eigenvalue weighted by molar-refractivity contribution is 0.132. The molecule has 0 radical (unpaired) electrons. The van der Waals surface area contributed by atoms with Gasteiger partial charge in [0.15, 0.2) is 0 Å². The fourth-order valence-electron chi connectivity index (χ4n) is 2.27. The Labute approximate surface area is 119 Å². The van der Waals surface area contributed by atoms with Gasteiger partial charge in [-0.2, -0.15) is 0 Å². The molecule has 1 saturated carbocycles. The van der Waals surface area contributed by atoms with Crippen molar-refractivity contribution in [2.45, 2.75) is 32.3 Å². The second-order valence-electron chi connectivity index (χ2n) is 5.26. The highest BCUT2D eigenvalue weighted by Crippen LogP contribution is 2.41. The van der Waals surface area contributed by atoms with E-state index in [9.17, 15) is 0 Å². The minimum Gasteiger partial charge on any atom is -0.391 e. The molecule has 1 aromatic heterocycles. The lowest BCUT2D eigenvalue weighted by Gasteiger charge is -2.05. The van der Waals surface area contributed by atoms with Crippen molar-refractivity contribution < 1.29 is 4.84 Å². The number of rotatable bonds is 5. The van der Waals surface area contributed by atoms with E-state index in [0.29, 0.717) is 6.61 Å². The van der Waals surface area contributed by atoms with Gasteiger partial charge in [-0.15, -0.1) is 0 Å². The Hall–Kier alpha value is -2.16. The van der Waals surface area contributed by atoms with Crippen LogP contribution in [-0.2, 0) is 11.4 Å². The lowest BCUT2D eigenvalue weighted by atomic mass is 10.0. The van der Waals surface area contributed by atoms with Crippen molar-refractivity contribution in [3.05, 3.63) is 65.0 Å². The highest BCUT2D eigenvalue weighted by atomic mass is 16.6. The number of oxime groups is 1. The summed E-state index contributed by atoms with van der Waals surface area (Å²) in [6.07, 6.45) is 7.95. The van der Waals surface area contributed by atoms with Crippen LogP contribution in [0.15, 0.2) is 47.9 Å². The predicted octanol–water partition coefficient (Wildman–Crippen LogP) is 3.82. The summed E-state index contributed by atoms with van der Waals surface area (Å²) in [5, 5.41) is 4.03. The number of aryl methyl sites for hydroxylation is 1. The molecule has 1 fully saturated rings. The molecule has 0 atom stereocenters. The van der Waals surface area contributed by atoms with Crippen LogP contribution in [0.25, 0.3) is 0 Å². The molecule has 0 amide bonds. The number of hydrogen-bond acceptors (Lipinski definition) is 3. The summed E-state index contributed by atoms with van der Waals surface area (Å²) in [4.78, 5) is 9.34. The zero-order chi connectivity index (χ0) is 13.8. The van der Waals surface area contributed by atoms with Gasteiger partial charge in [0.1, 0.15) is 6.61 Å². The highest BCUT2D eigenvalue weighted by molar-refractivity contribution is 5.79. The summed E-state index contributed by atoms with van der Waals surface area (Å²) in [5.74, 6) is 0.764. The van der Waals surface area contributed by atoms with E-state index in [2.05, 4.69) is 35.3 Å². The fraction of sp³-hybridized carbons (Fsp3) is 0.294. The van der Waals surface area contributed by atoms with Crippen LogP contribution in [0.2, 0.25) is 0 Å². The van der Waals surface area contributed by atoms with Gasteiger partial charge >= 0.3 is 0 Å². The van der Waals surface area contributed by atoms with E-state index in [-0.39, 0.29) is 0 Å². The van der Waals surface area contributed by atoms with Crippen LogP contribution in [0.3, 0.4) is 0 Å². The first-order chi connectivity index (χ1) is 9.83. The summed E-state index contributed by atoms with van der Waals surface area (Å²) >= 11 is 0. The Morgan fingerprint density at radius 1 is 1.35 bits per heavy atom. The van der Waals surface area contributed by atoms with Crippen LogP contribution in [0.4, 0.5) is 0 Å². The third kappa shape index (κ3) is 3.23. The molecular formula is C17H18N2O. The maximum Gasteiger partial charge on any atom is 0.143 e. The second kappa shape index (κ2) is 5.87. The van der Waals surface area contributed by atoms with Crippen LogP contribution in [0.1, 0.15) is 41.0 Å². The predicted molar refractivity (Wildman–Crippen MR) is 79.8 cm³/mol. The topological polar surface area (TPSA) is 34.5 Å². The minimum absolute atomic E-state index is 0.450. The van der Waals surface area contributed by atoms with Gasteiger partial charge in [-0.25, -0.2) is 0 Å². The molecule has 20 heavy (non-hydrogen) atoms. The average Bonchev–Trinajstić information content (AvgIpc) is 3.31. The number of benzene rings is 1. The van der Waals surface area contributed by atoms with Gasteiger partial charge < -0.3 is 4.84 Å². The van der Waals surface area contributed by atoms with E-state index in [4.69, 9.17) is 4.84 Å². The number of aromatic nitrogens is 1. The van der Waals surface area contributed by atoms with Crippen molar-refractivity contribution in [3.63, 3.8) is 0 Å². The number of nitrogens with zero attached hydrogens (tertiary/aromatic N) is 2. The first kappa shape index (κ1) is 12.9. The second-order valence-corrected chi connectivity index (χ2v) is 5.26. The zero-order valence-electron chi connectivity index (χ0n) is 11.6. The van der Waals surface area contributed by atoms with Gasteiger partial charge in [-0.05, 0) is 54.5 Å². The maximum atomic E-state index is 5.30. The number of hydrogen-bond donors (Lipinski definition) is 0. The lowest BCUT2D eigenvalue weighted by Crippen LogP contribution is -1.91. The van der Waals surface area contributed by atoms with Gasteiger partial charge in [0.25, 0.3) is 0 Å². The third-order valence-corrected chi connectivity index (χ3v) is 3.55. The van der Waals surface area contributed by atoms with Crippen molar-refractivity contribution in [2.75, 3.05) is 0 Å². The zero-order valence-corrected chi connectivity index (χ0v) is 11.6. The summed E-state index contributed by atoms with van der Waals surface area (Å²) in [6, 6.07) is 10.3. The minimum atomic E-state index is 0.450. The first-order valence-corrected chi connectivity index (χ1v) is 6.98. The van der Waals surface area contributed by atoms with Crippen LogP contribution < -0.4 is 0 Å². The molecule has 0 unspecified atom stereocenters. The molecule has 0 spiro atoms. The highest BCUT2D eigenvalue weighted by Gasteiger charge is 2.24. The molecule has 0 aliphatic heterocycles. The monoisotopic (exact) mass is 266 g/mol. The SMILES string of the molecule is Cc1ccc(/C=N/OCc2cccnc2)cc1C1CC1. The summed E-state index contributed by atoms with van der Waals surface area (Å²) in [6.45, 7) is 2.62. The van der Waals surface area contributed by atoms with Crippen molar-refractivity contribution >= 4 is 6.21 Å². The van der Waals surface area contributed by atoms with Gasteiger partial charge in [0.2, 0.25) is 0 Å². The summed E-state index contributed by atoms with van der Waals surface area (Å²) < 4.78 is 0. The molecule has 1 aromatic carbocycles. The normalized spacial score (nSPS) is 14.7. The van der Waals surface area contributed by atoms with Crippen LogP contribution in [0, 0.1) is 6.92 Å². The molecule has 1 aliphatic rings. The Kier molecular flexibility index (Phi) is 3.77. The van der Waals surface area contributed by atoms with Crippen molar-refractivity contribution in [3.8, 4) is 0 Å². The van der Waals surface area contributed by atoms with Gasteiger partial charge in [0.05, 0.1) is 6.21 Å². The van der Waals surface area contributed by atoms with Crippen LogP contribution in [-0.4, -0.2) is 11.2 Å². The molecule has 3 nitrogen and oxygen atoms in total. The Bertz CT molecular complexity index is 604. The standard InChI is InChI=1S/C17H18N2O/c1-13-4-5-14(9-17(13)16-6-7-16)11-19-20-12-15-3-2-8-18-10-15/h2-5,8-11,16H,6-7,12H2,1H3/b19-11+. The molecular weight excluding hydrogens is 248 g/mol. The van der Waals surface area contributed by atoms with E-state index in [1.165, 1.54) is 24.0 Å². The van der Waals surface area contributed by atoms with Crippen LogP contribution >= 0.6 is 0 Å². The molecule has 3 heteroatoms. The third-order valence-electron chi connectivity index (χ3n) is 3.55. The van der Waals surface area contributed by atoms with Gasteiger partial charge in [-0.3, -0.25) is 4.98 Å². The van der Waals surface area contributed by atoms with Gasteiger partial charge in [-0.1, -0.05) is 23.4 Å². The first-order valence-electron chi connectivity index (χ1n) is 6.98. The fourth-order valence-corrected chi connectivity index (χ4v) is 2.27. The molecule has 0 N–H and O–H groups in total. The Morgan fingerprint density at radius 2 is 2.25 bits per heavy atom. The largest absolute Gasteiger partial charge is 0.391 e. The smallest absolute Gasteiger partial charge is 0.143 e. The molecule has 0 saturated heterocycles. The van der Waals surface area contributed by atoms with Crippen LogP contribution in [0.5, 0.6) is 0 Å². The van der Waals surface area contributed by atoms with Crippen molar-refractivity contribution in [2.24, 2.45) is 5.16 Å². The molecule has 3 rings (SSSR count). The molecule has 102 valence electrons. The van der Waals surface area contributed by atoms with Crippen molar-refractivity contribution in [1.82, 2.24) is 4.98 Å². The Morgan fingerprint density at radius 3 is 3.00 bits per heavy atom. The molecule has 1 heterocycles. The summed E-state index contributed by atoms with van der Waals surface area (Å²) in [5.41, 5.74) is 4.96. The van der Waals surface area contributed by atoms with Gasteiger partial charge in [0, 0.05) is 18.0 Å². The molecule has 0 bridgehead atoms. The van der Waals surface area contributed by atoms with E-state index < -0.39 is 0 Å². The van der Waals surface area contributed by atoms with E-state index in [1.807, 2.05) is 12.1 Å². The molecule has 2 aromatic rings. The summed E-state index contributed by atoms with van der Waals surface area (Å²) in [7, 11) is 0. The van der Waals surface area contributed by atoms with E-state index in [0.717, 1.165) is 17.0 Å². The van der Waals surface area contributed by atoms with E-state index >= 15 is 0 Å². The molecule has 1 aliphatic carbocycles. The van der Waals surface area contributed by atoms with E-state index in [1.54, 1.807) is 18.6 Å². The maximum absolute atomic E-state index is 5.30. The quantitative estimate of drug-likeness (QED) is 0.609. The Balaban J connectivity index is 1.60. The van der Waals surface area contributed by atoms with Crippen molar-refractivity contribution in [1.29, 1.82) is 0 Å². The number of pyridine rings is 1.